The van der Waals surface area contributed by atoms with Gasteiger partial charge in [-0.15, -0.1) is 0 Å². The van der Waals surface area contributed by atoms with Crippen molar-refractivity contribution >= 4 is 23.2 Å². The Morgan fingerprint density at radius 1 is 1.12 bits per heavy atom. The number of carbonyl (C=O) groups is 2. The largest absolute Gasteiger partial charge is 0.497 e. The minimum atomic E-state index is -0.331. The van der Waals surface area contributed by atoms with Crippen LogP contribution in [0.4, 0.5) is 11.4 Å². The third-order valence-corrected chi connectivity index (χ3v) is 4.16. The fourth-order valence-electron chi connectivity index (χ4n) is 2.46. The first kappa shape index (κ1) is 16.8. The number of carbonyl (C=O) groups excluding carboxylic acids is 2. The van der Waals surface area contributed by atoms with Gasteiger partial charge in [-0.05, 0) is 49.6 Å². The van der Waals surface area contributed by atoms with Crippen molar-refractivity contribution in [3.05, 3.63) is 53.1 Å². The van der Waals surface area contributed by atoms with Gasteiger partial charge in [0.15, 0.2) is 0 Å². The van der Waals surface area contributed by atoms with Gasteiger partial charge in [0, 0.05) is 29.0 Å². The molecule has 2 aromatic carbocycles. The number of anilines is 2. The molecule has 6 nitrogen and oxygen atoms in total. The average Bonchev–Trinajstić information content (AvgIpc) is 3.40. The minimum Gasteiger partial charge on any atom is -0.497 e. The quantitative estimate of drug-likeness (QED) is 0.730. The van der Waals surface area contributed by atoms with Crippen molar-refractivity contribution in [1.82, 2.24) is 5.32 Å². The Morgan fingerprint density at radius 2 is 1.88 bits per heavy atom. The van der Waals surface area contributed by atoms with Crippen LogP contribution in [-0.4, -0.2) is 25.0 Å². The molecule has 4 N–H and O–H groups in total. The van der Waals surface area contributed by atoms with Crippen LogP contribution in [0.3, 0.4) is 0 Å². The number of rotatable bonds is 5. The lowest BCUT2D eigenvalue weighted by atomic mass is 10.1. The van der Waals surface area contributed by atoms with E-state index in [-0.39, 0.29) is 17.9 Å². The molecule has 1 aliphatic rings. The summed E-state index contributed by atoms with van der Waals surface area (Å²) in [6, 6.07) is 10.4. The van der Waals surface area contributed by atoms with Crippen molar-refractivity contribution in [1.29, 1.82) is 0 Å². The van der Waals surface area contributed by atoms with Gasteiger partial charge in [0.2, 0.25) is 0 Å². The van der Waals surface area contributed by atoms with Gasteiger partial charge < -0.3 is 21.1 Å². The number of benzene rings is 2. The van der Waals surface area contributed by atoms with E-state index < -0.39 is 0 Å². The SMILES string of the molecule is COc1ccc(C(=O)Nc2cc(C(=O)NC3CC3)ccc2C)c(N)c1. The maximum atomic E-state index is 12.5. The monoisotopic (exact) mass is 339 g/mol. The molecule has 6 heteroatoms. The first-order chi connectivity index (χ1) is 12.0. The maximum Gasteiger partial charge on any atom is 0.257 e. The van der Waals surface area contributed by atoms with Crippen LogP contribution in [0.5, 0.6) is 5.75 Å². The summed E-state index contributed by atoms with van der Waals surface area (Å²) < 4.78 is 5.09. The van der Waals surface area contributed by atoms with Crippen LogP contribution in [0.2, 0.25) is 0 Å². The third-order valence-electron chi connectivity index (χ3n) is 4.16. The molecule has 0 aliphatic heterocycles. The Labute approximate surface area is 146 Å². The van der Waals surface area contributed by atoms with E-state index in [4.69, 9.17) is 10.5 Å². The highest BCUT2D eigenvalue weighted by Crippen LogP contribution is 2.24. The van der Waals surface area contributed by atoms with E-state index >= 15 is 0 Å². The summed E-state index contributed by atoms with van der Waals surface area (Å²) in [7, 11) is 1.54. The predicted molar refractivity (Wildman–Crippen MR) is 97.0 cm³/mol. The number of nitrogens with two attached hydrogens (primary N) is 1. The summed E-state index contributed by atoms with van der Waals surface area (Å²) in [4.78, 5) is 24.7. The molecule has 1 saturated carbocycles. The molecule has 3 rings (SSSR count). The zero-order valence-corrected chi connectivity index (χ0v) is 14.3. The fraction of sp³-hybridized carbons (Fsp3) is 0.263. The highest BCUT2D eigenvalue weighted by atomic mass is 16.5. The van der Waals surface area contributed by atoms with Gasteiger partial charge in [0.05, 0.1) is 12.7 Å². The normalized spacial score (nSPS) is 13.2. The molecule has 0 aromatic heterocycles. The maximum absolute atomic E-state index is 12.5. The molecule has 0 unspecified atom stereocenters. The molecule has 25 heavy (non-hydrogen) atoms. The Balaban J connectivity index is 1.79. The van der Waals surface area contributed by atoms with Crippen molar-refractivity contribution in [3.8, 4) is 5.75 Å². The van der Waals surface area contributed by atoms with Crippen LogP contribution in [0.25, 0.3) is 0 Å². The molecule has 0 atom stereocenters. The van der Waals surface area contributed by atoms with Crippen molar-refractivity contribution in [2.45, 2.75) is 25.8 Å². The molecular formula is C19H21N3O3. The summed E-state index contributed by atoms with van der Waals surface area (Å²) in [5.74, 6) is 0.133. The number of methoxy groups -OCH3 is 1. The van der Waals surface area contributed by atoms with Crippen molar-refractivity contribution < 1.29 is 14.3 Å². The molecule has 0 saturated heterocycles. The highest BCUT2D eigenvalue weighted by molar-refractivity contribution is 6.08. The first-order valence-corrected chi connectivity index (χ1v) is 8.14. The molecule has 0 heterocycles. The summed E-state index contributed by atoms with van der Waals surface area (Å²) >= 11 is 0. The smallest absolute Gasteiger partial charge is 0.257 e. The first-order valence-electron chi connectivity index (χ1n) is 8.14. The second kappa shape index (κ2) is 6.84. The van der Waals surface area contributed by atoms with Gasteiger partial charge in [0.25, 0.3) is 11.8 Å². The van der Waals surface area contributed by atoms with Crippen molar-refractivity contribution in [3.63, 3.8) is 0 Å². The van der Waals surface area contributed by atoms with Crippen molar-refractivity contribution in [2.24, 2.45) is 0 Å². The molecule has 2 aromatic rings. The summed E-state index contributed by atoms with van der Waals surface area (Å²) in [6.45, 7) is 1.87. The molecule has 1 fully saturated rings. The predicted octanol–water partition coefficient (Wildman–Crippen LogP) is 2.73. The lowest BCUT2D eigenvalue weighted by Gasteiger charge is -2.12. The van der Waals surface area contributed by atoms with Gasteiger partial charge in [-0.2, -0.15) is 0 Å². The molecule has 0 radical (unpaired) electrons. The van der Waals surface area contributed by atoms with Gasteiger partial charge in [-0.3, -0.25) is 9.59 Å². The van der Waals surface area contributed by atoms with Gasteiger partial charge in [0.1, 0.15) is 5.75 Å². The molecule has 2 amide bonds. The minimum absolute atomic E-state index is 0.123. The van der Waals surface area contributed by atoms with Crippen LogP contribution < -0.4 is 21.1 Å². The molecule has 1 aliphatic carbocycles. The lowest BCUT2D eigenvalue weighted by Crippen LogP contribution is -2.25. The zero-order chi connectivity index (χ0) is 18.0. The number of nitrogen functional groups attached to an aromatic ring is 1. The van der Waals surface area contributed by atoms with E-state index in [1.54, 1.807) is 30.3 Å². The highest BCUT2D eigenvalue weighted by Gasteiger charge is 2.24. The number of aryl methyl sites for hydroxylation is 1. The molecule has 130 valence electrons. The van der Waals surface area contributed by atoms with Gasteiger partial charge >= 0.3 is 0 Å². The Bertz CT molecular complexity index is 829. The van der Waals surface area contributed by atoms with Crippen LogP contribution in [-0.2, 0) is 0 Å². The van der Waals surface area contributed by atoms with E-state index in [9.17, 15) is 9.59 Å². The van der Waals surface area contributed by atoms with Crippen LogP contribution >= 0.6 is 0 Å². The van der Waals surface area contributed by atoms with Crippen LogP contribution in [0, 0.1) is 6.92 Å². The number of amides is 2. The topological polar surface area (TPSA) is 93.4 Å². The zero-order valence-electron chi connectivity index (χ0n) is 14.3. The summed E-state index contributed by atoms with van der Waals surface area (Å²) in [6.07, 6.45) is 2.05. The van der Waals surface area contributed by atoms with Crippen molar-refractivity contribution in [2.75, 3.05) is 18.2 Å². The number of hydrogen-bond acceptors (Lipinski definition) is 4. The van der Waals surface area contributed by atoms with E-state index in [1.165, 1.54) is 7.11 Å². The molecule has 0 bridgehead atoms. The van der Waals surface area contributed by atoms with Crippen LogP contribution in [0.15, 0.2) is 36.4 Å². The van der Waals surface area contributed by atoms with Crippen LogP contribution in [0.1, 0.15) is 39.1 Å². The van der Waals surface area contributed by atoms with E-state index in [1.807, 2.05) is 13.0 Å². The standard InChI is InChI=1S/C19H21N3O3/c1-11-3-4-12(18(23)21-13-5-6-13)9-17(11)22-19(24)15-8-7-14(25-2)10-16(15)20/h3-4,7-10,13H,5-6,20H2,1-2H3,(H,21,23)(H,22,24). The van der Waals surface area contributed by atoms with E-state index in [2.05, 4.69) is 10.6 Å². The summed E-state index contributed by atoms with van der Waals surface area (Å²) in [5, 5.41) is 5.77. The fourth-order valence-corrected chi connectivity index (χ4v) is 2.46. The third kappa shape index (κ3) is 3.91. The average molecular weight is 339 g/mol. The van der Waals surface area contributed by atoms with Gasteiger partial charge in [-0.1, -0.05) is 6.07 Å². The number of hydrogen-bond donors (Lipinski definition) is 3. The number of ether oxygens (including phenoxy) is 1. The van der Waals surface area contributed by atoms with Gasteiger partial charge in [-0.25, -0.2) is 0 Å². The Morgan fingerprint density at radius 3 is 2.52 bits per heavy atom. The Kier molecular flexibility index (Phi) is 4.61. The second-order valence-electron chi connectivity index (χ2n) is 6.18. The second-order valence-corrected chi connectivity index (χ2v) is 6.18. The number of nitrogens with one attached hydrogen (secondary N) is 2. The lowest BCUT2D eigenvalue weighted by molar-refractivity contribution is 0.0949. The molecule has 0 spiro atoms. The summed E-state index contributed by atoms with van der Waals surface area (Å²) in [5.41, 5.74) is 8.58. The van der Waals surface area contributed by atoms with E-state index in [0.29, 0.717) is 28.3 Å². The molecular weight excluding hydrogens is 318 g/mol. The van der Waals surface area contributed by atoms with E-state index in [0.717, 1.165) is 18.4 Å². The Hall–Kier alpha value is -3.02.